The van der Waals surface area contributed by atoms with Gasteiger partial charge in [-0.2, -0.15) is 10.4 Å². The van der Waals surface area contributed by atoms with Crippen LogP contribution in [0.3, 0.4) is 0 Å². The lowest BCUT2D eigenvalue weighted by Crippen LogP contribution is -2.24. The van der Waals surface area contributed by atoms with Gasteiger partial charge in [-0.15, -0.1) is 0 Å². The number of aryl methyl sites for hydroxylation is 1. The molecule has 0 saturated heterocycles. The Balaban J connectivity index is 2.23. The molecule has 0 bridgehead atoms. The summed E-state index contributed by atoms with van der Waals surface area (Å²) in [6, 6.07) is 9.42. The predicted octanol–water partition coefficient (Wildman–Crippen LogP) is 3.07. The molecule has 1 unspecified atom stereocenters. The summed E-state index contributed by atoms with van der Waals surface area (Å²) in [6.07, 6.45) is 1.63. The fourth-order valence-electron chi connectivity index (χ4n) is 1.95. The third-order valence-electron chi connectivity index (χ3n) is 3.20. The fourth-order valence-corrected chi connectivity index (χ4v) is 2.38. The largest absolute Gasteiger partial charge is 0.376 e. The maximum Gasteiger partial charge on any atom is 0.283 e. The van der Waals surface area contributed by atoms with Gasteiger partial charge in [0, 0.05) is 12.6 Å². The Labute approximate surface area is 131 Å². The first-order chi connectivity index (χ1) is 10.1. The van der Waals surface area contributed by atoms with Gasteiger partial charge in [0.05, 0.1) is 23.5 Å². The van der Waals surface area contributed by atoms with Gasteiger partial charge in [-0.1, -0.05) is 12.1 Å². The Morgan fingerprint density at radius 2 is 2.10 bits per heavy atom. The van der Waals surface area contributed by atoms with Crippen LogP contribution in [0, 0.1) is 11.3 Å². The van der Waals surface area contributed by atoms with E-state index in [4.69, 9.17) is 5.26 Å². The van der Waals surface area contributed by atoms with Gasteiger partial charge in [0.25, 0.3) is 5.56 Å². The summed E-state index contributed by atoms with van der Waals surface area (Å²) >= 11 is 3.32. The Hall–Kier alpha value is -2.13. The number of nitrogens with zero attached hydrogens (tertiary/aromatic N) is 3. The zero-order valence-corrected chi connectivity index (χ0v) is 13.4. The molecule has 1 heterocycles. The monoisotopic (exact) mass is 346 g/mol. The van der Waals surface area contributed by atoms with Gasteiger partial charge < -0.3 is 5.32 Å². The number of nitrogens with one attached hydrogen (secondary N) is 1. The van der Waals surface area contributed by atoms with Crippen molar-refractivity contribution in [3.63, 3.8) is 0 Å². The molecule has 1 aromatic carbocycles. The molecule has 0 fully saturated rings. The molecule has 2 rings (SSSR count). The van der Waals surface area contributed by atoms with Crippen LogP contribution in [0.2, 0.25) is 0 Å². The van der Waals surface area contributed by atoms with Crippen LogP contribution >= 0.6 is 15.9 Å². The van der Waals surface area contributed by atoms with Crippen molar-refractivity contribution in [1.29, 1.82) is 5.26 Å². The highest BCUT2D eigenvalue weighted by molar-refractivity contribution is 9.10. The van der Waals surface area contributed by atoms with E-state index in [-0.39, 0.29) is 11.6 Å². The third-order valence-corrected chi connectivity index (χ3v) is 3.96. The second kappa shape index (κ2) is 6.55. The molecule has 1 atom stereocenters. The van der Waals surface area contributed by atoms with E-state index in [1.54, 1.807) is 18.3 Å². The molecule has 0 aliphatic carbocycles. The molecule has 0 spiro atoms. The molecule has 1 N–H and O–H groups in total. The highest BCUT2D eigenvalue weighted by atomic mass is 79.9. The molecule has 21 heavy (non-hydrogen) atoms. The second-order valence-electron chi connectivity index (χ2n) is 4.59. The van der Waals surface area contributed by atoms with Gasteiger partial charge in [-0.05, 0) is 47.5 Å². The average molecular weight is 347 g/mol. The summed E-state index contributed by atoms with van der Waals surface area (Å²) < 4.78 is 1.86. The number of nitriles is 1. The maximum absolute atomic E-state index is 12.0. The number of aromatic nitrogens is 2. The average Bonchev–Trinajstić information content (AvgIpc) is 2.52. The lowest BCUT2D eigenvalue weighted by Gasteiger charge is -2.17. The zero-order chi connectivity index (χ0) is 15.4. The molecule has 1 aromatic heterocycles. The van der Waals surface area contributed by atoms with Gasteiger partial charge in [0.1, 0.15) is 4.47 Å². The molecule has 0 amide bonds. The van der Waals surface area contributed by atoms with Crippen molar-refractivity contribution in [3.8, 4) is 6.07 Å². The molecule has 0 saturated carbocycles. The molecule has 5 nitrogen and oxygen atoms in total. The number of rotatable bonds is 4. The third kappa shape index (κ3) is 3.31. The highest BCUT2D eigenvalue weighted by Crippen LogP contribution is 2.23. The Morgan fingerprint density at radius 3 is 2.67 bits per heavy atom. The van der Waals surface area contributed by atoms with Crippen LogP contribution in [0.1, 0.15) is 31.0 Å². The van der Waals surface area contributed by atoms with Crippen LogP contribution in [0.4, 0.5) is 5.69 Å². The minimum absolute atomic E-state index is 0.00674. The van der Waals surface area contributed by atoms with Crippen LogP contribution in [0.5, 0.6) is 0 Å². The van der Waals surface area contributed by atoms with Gasteiger partial charge in [-0.25, -0.2) is 4.68 Å². The van der Waals surface area contributed by atoms with E-state index in [0.29, 0.717) is 22.3 Å². The molecule has 6 heteroatoms. The number of benzene rings is 1. The first-order valence-electron chi connectivity index (χ1n) is 6.59. The first kappa shape index (κ1) is 15.3. The standard InChI is InChI=1S/C15H15BrN4O/c1-3-20-15(21)14(16)13(9-18-20)19-10(2)12-6-4-11(8-17)5-7-12/h4-7,9-10,19H,3H2,1-2H3. The second-order valence-corrected chi connectivity index (χ2v) is 5.39. The summed E-state index contributed by atoms with van der Waals surface area (Å²) in [5, 5.41) is 16.2. The lowest BCUT2D eigenvalue weighted by atomic mass is 10.1. The fraction of sp³-hybridized carbons (Fsp3) is 0.267. The smallest absolute Gasteiger partial charge is 0.283 e. The number of hydrogen-bond acceptors (Lipinski definition) is 4. The molecular formula is C15H15BrN4O. The molecular weight excluding hydrogens is 332 g/mol. The Morgan fingerprint density at radius 1 is 1.43 bits per heavy atom. The molecule has 0 radical (unpaired) electrons. The normalized spacial score (nSPS) is 11.7. The molecule has 0 aliphatic heterocycles. The number of halogens is 1. The van der Waals surface area contributed by atoms with Gasteiger partial charge in [0.15, 0.2) is 0 Å². The minimum Gasteiger partial charge on any atom is -0.376 e. The Kier molecular flexibility index (Phi) is 4.76. The van der Waals surface area contributed by atoms with E-state index in [0.717, 1.165) is 5.56 Å². The van der Waals surface area contributed by atoms with E-state index < -0.39 is 0 Å². The van der Waals surface area contributed by atoms with Crippen LogP contribution in [-0.2, 0) is 6.54 Å². The van der Waals surface area contributed by atoms with Crippen LogP contribution < -0.4 is 10.9 Å². The number of anilines is 1. The topological polar surface area (TPSA) is 70.7 Å². The predicted molar refractivity (Wildman–Crippen MR) is 85.1 cm³/mol. The van der Waals surface area contributed by atoms with Gasteiger partial charge in [-0.3, -0.25) is 4.79 Å². The SMILES string of the molecule is CCn1ncc(NC(C)c2ccc(C#N)cc2)c(Br)c1=O. The van der Waals surface area contributed by atoms with E-state index in [2.05, 4.69) is 32.4 Å². The first-order valence-corrected chi connectivity index (χ1v) is 7.38. The summed E-state index contributed by atoms with van der Waals surface area (Å²) in [5.74, 6) is 0. The van der Waals surface area contributed by atoms with E-state index in [1.165, 1.54) is 4.68 Å². The van der Waals surface area contributed by atoms with Crippen molar-refractivity contribution in [2.75, 3.05) is 5.32 Å². The van der Waals surface area contributed by atoms with Crippen molar-refractivity contribution in [2.24, 2.45) is 0 Å². The minimum atomic E-state index is -0.158. The van der Waals surface area contributed by atoms with E-state index in [9.17, 15) is 4.79 Å². The molecule has 108 valence electrons. The van der Waals surface area contributed by atoms with Crippen LogP contribution in [-0.4, -0.2) is 9.78 Å². The highest BCUT2D eigenvalue weighted by Gasteiger charge is 2.11. The summed E-state index contributed by atoms with van der Waals surface area (Å²) in [4.78, 5) is 12.0. The summed E-state index contributed by atoms with van der Waals surface area (Å²) in [6.45, 7) is 4.38. The Bertz CT molecular complexity index is 731. The summed E-state index contributed by atoms with van der Waals surface area (Å²) in [7, 11) is 0. The molecule has 2 aromatic rings. The van der Waals surface area contributed by atoms with Crippen molar-refractivity contribution in [3.05, 3.63) is 56.4 Å². The van der Waals surface area contributed by atoms with Crippen molar-refractivity contribution in [2.45, 2.75) is 26.4 Å². The number of hydrogen-bond donors (Lipinski definition) is 1. The van der Waals surface area contributed by atoms with Crippen molar-refractivity contribution < 1.29 is 0 Å². The van der Waals surface area contributed by atoms with Crippen molar-refractivity contribution >= 4 is 21.6 Å². The van der Waals surface area contributed by atoms with Crippen LogP contribution in [0.25, 0.3) is 0 Å². The zero-order valence-electron chi connectivity index (χ0n) is 11.8. The summed E-state index contributed by atoms with van der Waals surface area (Å²) in [5.41, 5.74) is 2.15. The maximum atomic E-state index is 12.0. The lowest BCUT2D eigenvalue weighted by molar-refractivity contribution is 0.612. The van der Waals surface area contributed by atoms with E-state index in [1.807, 2.05) is 26.0 Å². The van der Waals surface area contributed by atoms with Crippen LogP contribution in [0.15, 0.2) is 39.7 Å². The van der Waals surface area contributed by atoms with Gasteiger partial charge >= 0.3 is 0 Å². The van der Waals surface area contributed by atoms with Gasteiger partial charge in [0.2, 0.25) is 0 Å². The van der Waals surface area contributed by atoms with E-state index >= 15 is 0 Å². The molecule has 0 aliphatic rings. The van der Waals surface area contributed by atoms with Crippen molar-refractivity contribution in [1.82, 2.24) is 9.78 Å². The quantitative estimate of drug-likeness (QED) is 0.923.